The summed E-state index contributed by atoms with van der Waals surface area (Å²) < 4.78 is 39.1. The summed E-state index contributed by atoms with van der Waals surface area (Å²) in [7, 11) is -3.45. The molecule has 0 bridgehead atoms. The van der Waals surface area contributed by atoms with E-state index in [9.17, 15) is 22.8 Å². The van der Waals surface area contributed by atoms with Crippen LogP contribution in [0, 0.1) is 6.92 Å². The highest BCUT2D eigenvalue weighted by atomic mass is 32.2. The van der Waals surface area contributed by atoms with Gasteiger partial charge in [-0.25, -0.2) is 27.8 Å². The summed E-state index contributed by atoms with van der Waals surface area (Å²) in [4.78, 5) is 41.0. The van der Waals surface area contributed by atoms with Crippen molar-refractivity contribution in [3.8, 4) is 11.1 Å². The predicted molar refractivity (Wildman–Crippen MR) is 179 cm³/mol. The highest BCUT2D eigenvalue weighted by Gasteiger charge is 2.18. The Morgan fingerprint density at radius 1 is 0.896 bits per heavy atom. The van der Waals surface area contributed by atoms with Crippen molar-refractivity contribution in [1.29, 1.82) is 0 Å². The van der Waals surface area contributed by atoms with E-state index < -0.39 is 27.8 Å². The van der Waals surface area contributed by atoms with Crippen LogP contribution < -0.4 is 22.3 Å². The number of ether oxygens (including phenoxy) is 1. The number of nitrogens with zero attached hydrogens (tertiary/aromatic N) is 2. The van der Waals surface area contributed by atoms with Crippen LogP contribution in [-0.4, -0.2) is 37.6 Å². The zero-order valence-corrected chi connectivity index (χ0v) is 26.7. The lowest BCUT2D eigenvalue weighted by Crippen LogP contribution is -2.39. The second-order valence-electron chi connectivity index (χ2n) is 10.5. The molecule has 5 rings (SSSR count). The molecule has 0 aliphatic carbocycles. The van der Waals surface area contributed by atoms with Crippen LogP contribution in [0.15, 0.2) is 127 Å². The fourth-order valence-electron chi connectivity index (χ4n) is 4.61. The smallest absolute Gasteiger partial charge is 0.440 e. The zero-order valence-electron chi connectivity index (χ0n) is 25.9. The van der Waals surface area contributed by atoms with Gasteiger partial charge in [-0.15, -0.1) is 0 Å². The first-order valence-electron chi connectivity index (χ1n) is 14.5. The quantitative estimate of drug-likeness (QED) is 0.0944. The van der Waals surface area contributed by atoms with Gasteiger partial charge in [-0.1, -0.05) is 72.8 Å². The molecule has 0 saturated carbocycles. The minimum Gasteiger partial charge on any atom is -0.440 e. The lowest BCUT2D eigenvalue weighted by molar-refractivity contribution is 0.140. The average Bonchev–Trinajstić information content (AvgIpc) is 3.40. The normalized spacial score (nSPS) is 11.5. The van der Waals surface area contributed by atoms with Crippen molar-refractivity contribution in [3.05, 3.63) is 136 Å². The highest BCUT2D eigenvalue weighted by molar-refractivity contribution is 7.90. The number of carbonyl (C=O) groups excluding carboxylic acids is 2. The molecule has 0 radical (unpaired) electrons. The fraction of sp³-hybridized carbons (Fsp3) is 0.118. The van der Waals surface area contributed by atoms with Crippen LogP contribution >= 0.6 is 0 Å². The number of aryl methyl sites for hydroxylation is 1. The van der Waals surface area contributed by atoms with Gasteiger partial charge in [0, 0.05) is 23.1 Å². The second kappa shape index (κ2) is 14.5. The third kappa shape index (κ3) is 8.55. The van der Waals surface area contributed by atoms with E-state index in [2.05, 4.69) is 15.7 Å². The van der Waals surface area contributed by atoms with Gasteiger partial charge in [-0.2, -0.15) is 4.99 Å². The van der Waals surface area contributed by atoms with E-state index in [1.807, 2.05) is 30.3 Å². The maximum Gasteiger partial charge on any atom is 0.519 e. The number of urea groups is 1. The Labute approximate surface area is 275 Å². The Kier molecular flexibility index (Phi) is 10.0. The van der Waals surface area contributed by atoms with E-state index in [4.69, 9.17) is 19.3 Å². The van der Waals surface area contributed by atoms with Crippen molar-refractivity contribution in [2.45, 2.75) is 25.0 Å². The van der Waals surface area contributed by atoms with Crippen molar-refractivity contribution >= 4 is 39.2 Å². The van der Waals surface area contributed by atoms with E-state index in [-0.39, 0.29) is 35.4 Å². The first-order valence-corrected chi connectivity index (χ1v) is 16.3. The van der Waals surface area contributed by atoms with Crippen LogP contribution in [-0.2, 0) is 27.7 Å². The monoisotopic (exact) mass is 669 g/mol. The molecule has 0 saturated heterocycles. The van der Waals surface area contributed by atoms with Crippen LogP contribution in [0.4, 0.5) is 21.0 Å². The Bertz CT molecular complexity index is 2120. The molecule has 0 spiro atoms. The van der Waals surface area contributed by atoms with Crippen LogP contribution in [0.3, 0.4) is 0 Å². The van der Waals surface area contributed by atoms with Crippen molar-refractivity contribution in [3.63, 3.8) is 0 Å². The topological polar surface area (TPSA) is 187 Å². The molecule has 0 aliphatic heterocycles. The van der Waals surface area contributed by atoms with Gasteiger partial charge in [0.2, 0.25) is 0 Å². The standard InChI is InChI=1S/C34H31N5O8S/c1-22-29(47-34(42)46-22)21-45-33(41)37-31(35)25-11-8-12-27(19-25)38-39(20-23-9-4-3-5-10-23)32(40)36-26-17-15-24(16-18-26)28-13-6-7-14-30(28)48(2,43)44/h3-19,38H,20-21H2,1-2H3,(H,36,40)(H2,35,37,41). The number of hydrazine groups is 1. The number of aliphatic imine (C=N–C) groups is 1. The number of hydrogen-bond acceptors (Lipinski definition) is 9. The lowest BCUT2D eigenvalue weighted by Gasteiger charge is -2.25. The summed E-state index contributed by atoms with van der Waals surface area (Å²) in [5, 5.41) is 4.23. The summed E-state index contributed by atoms with van der Waals surface area (Å²) in [6.45, 7) is 1.30. The van der Waals surface area contributed by atoms with Crippen LogP contribution in [0.5, 0.6) is 0 Å². The molecule has 0 unspecified atom stereocenters. The van der Waals surface area contributed by atoms with Gasteiger partial charge in [-0.3, -0.25) is 5.43 Å². The Morgan fingerprint density at radius 3 is 2.29 bits per heavy atom. The van der Waals surface area contributed by atoms with Gasteiger partial charge in [0.25, 0.3) is 0 Å². The first-order chi connectivity index (χ1) is 23.0. The minimum absolute atomic E-state index is 0.0540. The largest absolute Gasteiger partial charge is 0.519 e. The molecule has 5 aromatic rings. The number of carbonyl (C=O) groups is 2. The van der Waals surface area contributed by atoms with Crippen LogP contribution in [0.2, 0.25) is 0 Å². The first kappa shape index (κ1) is 33.2. The number of benzene rings is 4. The summed E-state index contributed by atoms with van der Waals surface area (Å²) in [6, 6.07) is 29.0. The molecule has 246 valence electrons. The van der Waals surface area contributed by atoms with Gasteiger partial charge in [0.15, 0.2) is 28.0 Å². The molecule has 14 heteroatoms. The molecule has 1 heterocycles. The van der Waals surface area contributed by atoms with Gasteiger partial charge in [-0.05, 0) is 48.4 Å². The lowest BCUT2D eigenvalue weighted by atomic mass is 10.1. The van der Waals surface area contributed by atoms with Gasteiger partial charge < -0.3 is 24.6 Å². The summed E-state index contributed by atoms with van der Waals surface area (Å²) >= 11 is 0. The fourth-order valence-corrected chi connectivity index (χ4v) is 5.52. The Balaban J connectivity index is 1.31. The minimum atomic E-state index is -3.45. The summed E-state index contributed by atoms with van der Waals surface area (Å²) in [5.74, 6) is -0.823. The zero-order chi connectivity index (χ0) is 34.3. The third-order valence-corrected chi connectivity index (χ3v) is 8.11. The molecular formula is C34H31N5O8S. The molecule has 3 amide bonds. The molecule has 0 fully saturated rings. The maximum absolute atomic E-state index is 13.6. The van der Waals surface area contributed by atoms with Gasteiger partial charge in [0.05, 0.1) is 17.1 Å². The number of rotatable bonds is 10. The van der Waals surface area contributed by atoms with E-state index in [0.717, 1.165) is 11.8 Å². The van der Waals surface area contributed by atoms with Gasteiger partial charge in [0.1, 0.15) is 5.84 Å². The molecule has 4 N–H and O–H groups in total. The third-order valence-electron chi connectivity index (χ3n) is 6.96. The summed E-state index contributed by atoms with van der Waals surface area (Å²) in [5.41, 5.74) is 12.6. The number of hydrogen-bond donors (Lipinski definition) is 3. The second-order valence-corrected chi connectivity index (χ2v) is 12.5. The average molecular weight is 670 g/mol. The number of nitrogens with two attached hydrogens (primary N) is 1. The molecule has 48 heavy (non-hydrogen) atoms. The molecule has 0 aliphatic rings. The molecule has 13 nitrogen and oxygen atoms in total. The number of anilines is 2. The SMILES string of the molecule is Cc1oc(=O)oc1COC(=O)N=C(N)c1cccc(NN(Cc2ccccc2)C(=O)Nc2ccc(-c3ccccc3S(C)(=O)=O)cc2)c1. The number of sulfone groups is 1. The van der Waals surface area contributed by atoms with Gasteiger partial charge >= 0.3 is 17.9 Å². The van der Waals surface area contributed by atoms with Crippen molar-refractivity contribution in [1.82, 2.24) is 5.01 Å². The highest BCUT2D eigenvalue weighted by Crippen LogP contribution is 2.28. The van der Waals surface area contributed by atoms with E-state index in [0.29, 0.717) is 28.1 Å². The van der Waals surface area contributed by atoms with E-state index in [1.165, 1.54) is 11.9 Å². The van der Waals surface area contributed by atoms with Crippen molar-refractivity contribution in [2.75, 3.05) is 17.0 Å². The molecule has 4 aromatic carbocycles. The number of amides is 3. The number of nitrogens with one attached hydrogen (secondary N) is 2. The predicted octanol–water partition coefficient (Wildman–Crippen LogP) is 5.72. The van der Waals surface area contributed by atoms with E-state index in [1.54, 1.807) is 72.8 Å². The van der Waals surface area contributed by atoms with Crippen molar-refractivity contribution < 1.29 is 31.6 Å². The van der Waals surface area contributed by atoms with E-state index >= 15 is 0 Å². The van der Waals surface area contributed by atoms with Crippen molar-refractivity contribution in [2.24, 2.45) is 10.7 Å². The molecule has 1 aromatic heterocycles. The molecule has 0 atom stereocenters. The van der Waals surface area contributed by atoms with Crippen LogP contribution in [0.25, 0.3) is 11.1 Å². The Hall–Kier alpha value is -6.15. The Morgan fingerprint density at radius 2 is 1.60 bits per heavy atom. The number of amidine groups is 1. The maximum atomic E-state index is 13.6. The van der Waals surface area contributed by atoms with Crippen LogP contribution in [0.1, 0.15) is 22.6 Å². The summed E-state index contributed by atoms with van der Waals surface area (Å²) in [6.07, 6.45) is 0.151. The molecular weight excluding hydrogens is 638 g/mol.